The number of nitrogens with one attached hydrogen (secondary N) is 1. The van der Waals surface area contributed by atoms with Crippen LogP contribution in [-0.4, -0.2) is 6.54 Å². The van der Waals surface area contributed by atoms with E-state index in [2.05, 4.69) is 19.2 Å². The lowest BCUT2D eigenvalue weighted by Crippen LogP contribution is -2.11. The van der Waals surface area contributed by atoms with Gasteiger partial charge in [-0.2, -0.15) is 0 Å². The van der Waals surface area contributed by atoms with Gasteiger partial charge in [-0.25, -0.2) is 4.39 Å². The summed E-state index contributed by atoms with van der Waals surface area (Å²) in [6.07, 6.45) is 1.01. The van der Waals surface area contributed by atoms with Crippen molar-refractivity contribution in [3.8, 4) is 0 Å². The molecular formula is C13H16FNS. The molecule has 1 nitrogen and oxygen atoms in total. The molecule has 1 heterocycles. The van der Waals surface area contributed by atoms with Crippen LogP contribution in [0.5, 0.6) is 0 Å². The molecule has 0 fully saturated rings. The largest absolute Gasteiger partial charge is 0.312 e. The Hall–Kier alpha value is -0.930. The van der Waals surface area contributed by atoms with Gasteiger partial charge in [0.05, 0.1) is 0 Å². The van der Waals surface area contributed by atoms with Crippen LogP contribution in [-0.2, 0) is 13.0 Å². The molecule has 0 amide bonds. The molecule has 2 aromatic rings. The average molecular weight is 237 g/mol. The molecule has 86 valence electrons. The van der Waals surface area contributed by atoms with Crippen molar-refractivity contribution in [2.75, 3.05) is 6.54 Å². The molecule has 0 aliphatic heterocycles. The molecular weight excluding hydrogens is 221 g/mol. The summed E-state index contributed by atoms with van der Waals surface area (Å²) in [7, 11) is 0. The lowest BCUT2D eigenvalue weighted by atomic mass is 10.1. The van der Waals surface area contributed by atoms with E-state index >= 15 is 0 Å². The minimum atomic E-state index is -0.147. The SMILES string of the molecule is CCNCc1sc2cc(F)ccc2c1CC. The average Bonchev–Trinajstić information content (AvgIpc) is 2.62. The van der Waals surface area contributed by atoms with E-state index in [9.17, 15) is 4.39 Å². The molecule has 0 radical (unpaired) electrons. The highest BCUT2D eigenvalue weighted by molar-refractivity contribution is 7.19. The summed E-state index contributed by atoms with van der Waals surface area (Å²) in [5.74, 6) is -0.147. The highest BCUT2D eigenvalue weighted by Crippen LogP contribution is 2.32. The quantitative estimate of drug-likeness (QED) is 0.854. The fourth-order valence-electron chi connectivity index (χ4n) is 1.94. The van der Waals surface area contributed by atoms with Crippen molar-refractivity contribution in [1.29, 1.82) is 0 Å². The third-order valence-electron chi connectivity index (χ3n) is 2.73. The van der Waals surface area contributed by atoms with Crippen LogP contribution in [0.25, 0.3) is 10.1 Å². The monoisotopic (exact) mass is 237 g/mol. The van der Waals surface area contributed by atoms with Gasteiger partial charge in [-0.05, 0) is 36.0 Å². The topological polar surface area (TPSA) is 12.0 Å². The Morgan fingerprint density at radius 3 is 2.81 bits per heavy atom. The fourth-order valence-corrected chi connectivity index (χ4v) is 3.23. The number of hydrogen-bond donors (Lipinski definition) is 1. The molecule has 0 aliphatic rings. The zero-order chi connectivity index (χ0) is 11.5. The molecule has 0 unspecified atom stereocenters. The van der Waals surface area contributed by atoms with Crippen LogP contribution in [0.15, 0.2) is 18.2 Å². The van der Waals surface area contributed by atoms with Crippen molar-refractivity contribution in [1.82, 2.24) is 5.32 Å². The Kier molecular flexibility index (Phi) is 3.56. The van der Waals surface area contributed by atoms with E-state index in [1.54, 1.807) is 23.5 Å². The molecule has 3 heteroatoms. The van der Waals surface area contributed by atoms with Crippen LogP contribution in [0.2, 0.25) is 0 Å². The van der Waals surface area contributed by atoms with Crippen LogP contribution in [0, 0.1) is 5.82 Å². The van der Waals surface area contributed by atoms with Gasteiger partial charge < -0.3 is 5.32 Å². The zero-order valence-electron chi connectivity index (χ0n) is 9.64. The van der Waals surface area contributed by atoms with Gasteiger partial charge >= 0.3 is 0 Å². The molecule has 0 atom stereocenters. The predicted octanol–water partition coefficient (Wildman–Crippen LogP) is 3.71. The van der Waals surface area contributed by atoms with Crippen molar-refractivity contribution in [3.63, 3.8) is 0 Å². The first kappa shape index (κ1) is 11.6. The maximum atomic E-state index is 13.1. The summed E-state index contributed by atoms with van der Waals surface area (Å²) >= 11 is 1.70. The van der Waals surface area contributed by atoms with Gasteiger partial charge in [-0.3, -0.25) is 0 Å². The van der Waals surface area contributed by atoms with Gasteiger partial charge in [-0.1, -0.05) is 19.9 Å². The molecule has 0 saturated carbocycles. The second kappa shape index (κ2) is 4.93. The lowest BCUT2D eigenvalue weighted by Gasteiger charge is -2.01. The second-order valence-electron chi connectivity index (χ2n) is 3.78. The molecule has 16 heavy (non-hydrogen) atoms. The number of aryl methyl sites for hydroxylation is 1. The van der Waals surface area contributed by atoms with Crippen LogP contribution >= 0.6 is 11.3 Å². The molecule has 1 aromatic carbocycles. The van der Waals surface area contributed by atoms with Gasteiger partial charge in [0.2, 0.25) is 0 Å². The Bertz CT molecular complexity index is 490. The first-order valence-electron chi connectivity index (χ1n) is 5.66. The Balaban J connectivity index is 2.48. The van der Waals surface area contributed by atoms with E-state index in [1.807, 2.05) is 6.07 Å². The summed E-state index contributed by atoms with van der Waals surface area (Å²) in [6, 6.07) is 5.08. The van der Waals surface area contributed by atoms with E-state index < -0.39 is 0 Å². The van der Waals surface area contributed by atoms with Gasteiger partial charge in [0, 0.05) is 16.1 Å². The zero-order valence-corrected chi connectivity index (χ0v) is 10.5. The maximum absolute atomic E-state index is 13.1. The standard InChI is InChI=1S/C13H16FNS/c1-3-10-11-6-5-9(14)7-12(11)16-13(10)8-15-4-2/h5-7,15H,3-4,8H2,1-2H3. The lowest BCUT2D eigenvalue weighted by molar-refractivity contribution is 0.630. The van der Waals surface area contributed by atoms with Crippen molar-refractivity contribution in [2.24, 2.45) is 0 Å². The van der Waals surface area contributed by atoms with Gasteiger partial charge in [0.25, 0.3) is 0 Å². The third-order valence-corrected chi connectivity index (χ3v) is 3.92. The van der Waals surface area contributed by atoms with Crippen molar-refractivity contribution < 1.29 is 4.39 Å². The van der Waals surface area contributed by atoms with Crippen molar-refractivity contribution >= 4 is 21.4 Å². The third kappa shape index (κ3) is 2.11. The van der Waals surface area contributed by atoms with E-state index in [4.69, 9.17) is 0 Å². The van der Waals surface area contributed by atoms with E-state index in [0.29, 0.717) is 0 Å². The summed E-state index contributed by atoms with van der Waals surface area (Å²) in [5, 5.41) is 4.54. The number of fused-ring (bicyclic) bond motifs is 1. The fraction of sp³-hybridized carbons (Fsp3) is 0.385. The van der Waals surface area contributed by atoms with E-state index in [0.717, 1.165) is 24.2 Å². The number of hydrogen-bond acceptors (Lipinski definition) is 2. The molecule has 1 N–H and O–H groups in total. The summed E-state index contributed by atoms with van der Waals surface area (Å²) < 4.78 is 14.2. The number of halogens is 1. The number of benzene rings is 1. The van der Waals surface area contributed by atoms with Crippen molar-refractivity contribution in [2.45, 2.75) is 26.8 Å². The number of rotatable bonds is 4. The Morgan fingerprint density at radius 2 is 2.12 bits per heavy atom. The van der Waals surface area contributed by atoms with E-state index in [1.165, 1.54) is 15.8 Å². The normalized spacial score (nSPS) is 11.2. The summed E-state index contributed by atoms with van der Waals surface area (Å²) in [5.41, 5.74) is 1.36. The van der Waals surface area contributed by atoms with Crippen LogP contribution in [0.1, 0.15) is 24.3 Å². The van der Waals surface area contributed by atoms with Crippen LogP contribution in [0.4, 0.5) is 4.39 Å². The number of thiophene rings is 1. The van der Waals surface area contributed by atoms with E-state index in [-0.39, 0.29) is 5.82 Å². The Labute approximate surface area is 99.3 Å². The Morgan fingerprint density at radius 1 is 1.31 bits per heavy atom. The van der Waals surface area contributed by atoms with Gasteiger partial charge in [0.15, 0.2) is 0 Å². The second-order valence-corrected chi connectivity index (χ2v) is 4.91. The molecule has 0 spiro atoms. The summed E-state index contributed by atoms with van der Waals surface area (Å²) in [4.78, 5) is 1.34. The molecule has 1 aromatic heterocycles. The first-order chi connectivity index (χ1) is 7.76. The van der Waals surface area contributed by atoms with Gasteiger partial charge in [-0.15, -0.1) is 11.3 Å². The maximum Gasteiger partial charge on any atom is 0.124 e. The highest BCUT2D eigenvalue weighted by atomic mass is 32.1. The minimum Gasteiger partial charge on any atom is -0.312 e. The highest BCUT2D eigenvalue weighted by Gasteiger charge is 2.10. The molecule has 0 saturated heterocycles. The minimum absolute atomic E-state index is 0.147. The smallest absolute Gasteiger partial charge is 0.124 e. The molecule has 2 rings (SSSR count). The van der Waals surface area contributed by atoms with Crippen LogP contribution < -0.4 is 5.32 Å². The summed E-state index contributed by atoms with van der Waals surface area (Å²) in [6.45, 7) is 6.10. The predicted molar refractivity (Wildman–Crippen MR) is 68.5 cm³/mol. The molecule has 0 bridgehead atoms. The molecule has 0 aliphatic carbocycles. The first-order valence-corrected chi connectivity index (χ1v) is 6.48. The van der Waals surface area contributed by atoms with Crippen molar-refractivity contribution in [3.05, 3.63) is 34.5 Å². The van der Waals surface area contributed by atoms with Crippen LogP contribution in [0.3, 0.4) is 0 Å². The van der Waals surface area contributed by atoms with Gasteiger partial charge in [0.1, 0.15) is 5.82 Å².